The van der Waals surface area contributed by atoms with Crippen LogP contribution in [0.5, 0.6) is 5.75 Å². The molecular formula is C23H26N2O4S. The van der Waals surface area contributed by atoms with Gasteiger partial charge in [-0.1, -0.05) is 30.3 Å². The third-order valence-electron chi connectivity index (χ3n) is 5.00. The smallest absolute Gasteiger partial charge is 0.238 e. The molecule has 0 amide bonds. The minimum atomic E-state index is -3.78. The van der Waals surface area contributed by atoms with Gasteiger partial charge in [0.05, 0.1) is 11.0 Å². The van der Waals surface area contributed by atoms with Crippen molar-refractivity contribution in [3.63, 3.8) is 0 Å². The van der Waals surface area contributed by atoms with Crippen LogP contribution < -0.4 is 9.88 Å². The standard InChI is InChI=1S/C23H26N2O4S/c1-16-5-7-20(14-23(16)30(24,27)28)19-8-10-21(11-9-19)29-17(2)22(26)12-6-18-4-3-13-25-15-18/h3-5,7-11,13-15,17,22,26H,6,12H2,1-2H3,(H2,24,27,28)/t17-,22+/m0/s1. The molecule has 6 nitrogen and oxygen atoms in total. The zero-order valence-electron chi connectivity index (χ0n) is 17.0. The van der Waals surface area contributed by atoms with Gasteiger partial charge in [-0.05, 0) is 73.2 Å². The molecule has 0 bridgehead atoms. The number of aryl methyl sites for hydroxylation is 2. The molecule has 3 N–H and O–H groups in total. The topological polar surface area (TPSA) is 103 Å². The van der Waals surface area contributed by atoms with Gasteiger partial charge in [0.25, 0.3) is 0 Å². The molecule has 0 saturated heterocycles. The normalized spacial score (nSPS) is 13.6. The van der Waals surface area contributed by atoms with Gasteiger partial charge in [-0.15, -0.1) is 0 Å². The van der Waals surface area contributed by atoms with Crippen LogP contribution in [0.25, 0.3) is 11.1 Å². The summed E-state index contributed by atoms with van der Waals surface area (Å²) < 4.78 is 29.4. The van der Waals surface area contributed by atoms with E-state index in [1.807, 2.05) is 37.3 Å². The molecular weight excluding hydrogens is 400 g/mol. The molecule has 0 aliphatic rings. The summed E-state index contributed by atoms with van der Waals surface area (Å²) in [6.07, 6.45) is 3.83. The maximum Gasteiger partial charge on any atom is 0.238 e. The van der Waals surface area contributed by atoms with E-state index in [4.69, 9.17) is 9.88 Å². The summed E-state index contributed by atoms with van der Waals surface area (Å²) in [7, 11) is -3.78. The van der Waals surface area contributed by atoms with Gasteiger partial charge in [0.1, 0.15) is 11.9 Å². The monoisotopic (exact) mass is 426 g/mol. The van der Waals surface area contributed by atoms with Gasteiger partial charge < -0.3 is 9.84 Å². The highest BCUT2D eigenvalue weighted by Gasteiger charge is 2.16. The van der Waals surface area contributed by atoms with Gasteiger partial charge in [-0.3, -0.25) is 4.98 Å². The zero-order valence-corrected chi connectivity index (χ0v) is 17.8. The van der Waals surface area contributed by atoms with Crippen LogP contribution in [0.3, 0.4) is 0 Å². The molecule has 158 valence electrons. The molecule has 0 aliphatic heterocycles. The number of pyridine rings is 1. The maximum absolute atomic E-state index is 11.8. The third kappa shape index (κ3) is 5.66. The van der Waals surface area contributed by atoms with Crippen LogP contribution in [0.1, 0.15) is 24.5 Å². The van der Waals surface area contributed by atoms with Gasteiger partial charge >= 0.3 is 0 Å². The molecule has 3 rings (SSSR count). The Morgan fingerprint density at radius 1 is 1.10 bits per heavy atom. The summed E-state index contributed by atoms with van der Waals surface area (Å²) in [5, 5.41) is 15.7. The summed E-state index contributed by atoms with van der Waals surface area (Å²) in [6.45, 7) is 3.54. The van der Waals surface area contributed by atoms with Crippen molar-refractivity contribution in [2.75, 3.05) is 0 Å². The molecule has 0 aliphatic carbocycles. The second-order valence-electron chi connectivity index (χ2n) is 7.34. The average Bonchev–Trinajstić information content (AvgIpc) is 2.73. The van der Waals surface area contributed by atoms with Crippen LogP contribution in [0.15, 0.2) is 71.9 Å². The van der Waals surface area contributed by atoms with E-state index >= 15 is 0 Å². The Hall–Kier alpha value is -2.74. The van der Waals surface area contributed by atoms with Crippen LogP contribution in [0.2, 0.25) is 0 Å². The third-order valence-corrected chi connectivity index (χ3v) is 6.05. The Bertz CT molecular complexity index is 1080. The van der Waals surface area contributed by atoms with E-state index in [9.17, 15) is 13.5 Å². The van der Waals surface area contributed by atoms with Gasteiger partial charge in [0, 0.05) is 12.4 Å². The van der Waals surface area contributed by atoms with Crippen LogP contribution >= 0.6 is 0 Å². The molecule has 3 aromatic rings. The van der Waals surface area contributed by atoms with E-state index < -0.39 is 16.1 Å². The van der Waals surface area contributed by atoms with Crippen molar-refractivity contribution in [3.8, 4) is 16.9 Å². The van der Waals surface area contributed by atoms with Crippen molar-refractivity contribution in [1.82, 2.24) is 4.98 Å². The minimum Gasteiger partial charge on any atom is -0.488 e. The van der Waals surface area contributed by atoms with E-state index in [-0.39, 0.29) is 11.0 Å². The van der Waals surface area contributed by atoms with Crippen molar-refractivity contribution in [3.05, 3.63) is 78.1 Å². The van der Waals surface area contributed by atoms with E-state index in [1.54, 1.807) is 43.6 Å². The predicted molar refractivity (Wildman–Crippen MR) is 117 cm³/mol. The van der Waals surface area contributed by atoms with Gasteiger partial charge in [0.2, 0.25) is 10.0 Å². The number of hydrogen-bond donors (Lipinski definition) is 2. The van der Waals surface area contributed by atoms with Crippen molar-refractivity contribution >= 4 is 10.0 Å². The van der Waals surface area contributed by atoms with Gasteiger partial charge in [-0.2, -0.15) is 0 Å². The lowest BCUT2D eigenvalue weighted by atomic mass is 10.0. The number of nitrogens with two attached hydrogens (primary N) is 1. The highest BCUT2D eigenvalue weighted by Crippen LogP contribution is 2.27. The van der Waals surface area contributed by atoms with Gasteiger partial charge in [-0.25, -0.2) is 13.6 Å². The number of aliphatic hydroxyl groups excluding tert-OH is 1. The van der Waals surface area contributed by atoms with E-state index in [1.165, 1.54) is 0 Å². The summed E-state index contributed by atoms with van der Waals surface area (Å²) in [5.74, 6) is 0.630. The lowest BCUT2D eigenvalue weighted by Crippen LogP contribution is -2.29. The lowest BCUT2D eigenvalue weighted by Gasteiger charge is -2.20. The van der Waals surface area contributed by atoms with Crippen LogP contribution in [0.4, 0.5) is 0 Å². The number of primary sulfonamides is 1. The Morgan fingerprint density at radius 2 is 1.80 bits per heavy atom. The van der Waals surface area contributed by atoms with Crippen molar-refractivity contribution in [1.29, 1.82) is 0 Å². The van der Waals surface area contributed by atoms with Crippen molar-refractivity contribution < 1.29 is 18.3 Å². The van der Waals surface area contributed by atoms with E-state index in [0.29, 0.717) is 17.7 Å². The second kappa shape index (κ2) is 9.38. The molecule has 7 heteroatoms. The van der Waals surface area contributed by atoms with Gasteiger partial charge in [0.15, 0.2) is 0 Å². The fourth-order valence-electron chi connectivity index (χ4n) is 3.20. The van der Waals surface area contributed by atoms with Crippen molar-refractivity contribution in [2.45, 2.75) is 43.8 Å². The number of benzene rings is 2. The molecule has 0 saturated carbocycles. The lowest BCUT2D eigenvalue weighted by molar-refractivity contribution is 0.0420. The number of aromatic nitrogens is 1. The predicted octanol–water partition coefficient (Wildman–Crippen LogP) is 3.47. The molecule has 2 aromatic carbocycles. The molecule has 0 spiro atoms. The Kier molecular flexibility index (Phi) is 6.87. The first kappa shape index (κ1) is 22.0. The quantitative estimate of drug-likeness (QED) is 0.574. The average molecular weight is 427 g/mol. The fraction of sp³-hybridized carbons (Fsp3) is 0.261. The first-order chi connectivity index (χ1) is 14.2. The number of nitrogens with zero attached hydrogens (tertiary/aromatic N) is 1. The van der Waals surface area contributed by atoms with Crippen LogP contribution in [0, 0.1) is 6.92 Å². The van der Waals surface area contributed by atoms with E-state index in [0.717, 1.165) is 23.1 Å². The number of sulfonamides is 1. The molecule has 0 fully saturated rings. The summed E-state index contributed by atoms with van der Waals surface area (Å²) in [4.78, 5) is 4.20. The first-order valence-corrected chi connectivity index (χ1v) is 11.3. The zero-order chi connectivity index (χ0) is 21.7. The highest BCUT2D eigenvalue weighted by molar-refractivity contribution is 7.89. The minimum absolute atomic E-state index is 0.116. The summed E-state index contributed by atoms with van der Waals surface area (Å²) in [5.41, 5.74) is 3.28. The number of aliphatic hydroxyl groups is 1. The summed E-state index contributed by atoms with van der Waals surface area (Å²) in [6, 6.07) is 16.3. The number of hydrogen-bond acceptors (Lipinski definition) is 5. The summed E-state index contributed by atoms with van der Waals surface area (Å²) >= 11 is 0. The molecule has 30 heavy (non-hydrogen) atoms. The highest BCUT2D eigenvalue weighted by atomic mass is 32.2. The SMILES string of the molecule is Cc1ccc(-c2ccc(O[C@@H](C)[C@H](O)CCc3cccnc3)cc2)cc1S(N)(=O)=O. The molecule has 2 atom stereocenters. The molecule has 0 unspecified atom stereocenters. The largest absolute Gasteiger partial charge is 0.488 e. The second-order valence-corrected chi connectivity index (χ2v) is 8.87. The first-order valence-electron chi connectivity index (χ1n) is 9.71. The Morgan fingerprint density at radius 3 is 2.43 bits per heavy atom. The van der Waals surface area contributed by atoms with Crippen molar-refractivity contribution in [2.24, 2.45) is 5.14 Å². The fourth-order valence-corrected chi connectivity index (χ4v) is 4.01. The molecule has 1 heterocycles. The number of ether oxygens (including phenoxy) is 1. The maximum atomic E-state index is 11.8. The number of rotatable bonds is 8. The Balaban J connectivity index is 1.64. The Labute approximate surface area is 177 Å². The van der Waals surface area contributed by atoms with E-state index in [2.05, 4.69) is 4.98 Å². The molecule has 0 radical (unpaired) electrons. The molecule has 1 aromatic heterocycles. The van der Waals surface area contributed by atoms with Crippen LogP contribution in [-0.2, 0) is 16.4 Å². The van der Waals surface area contributed by atoms with Crippen LogP contribution in [-0.4, -0.2) is 30.7 Å².